The summed E-state index contributed by atoms with van der Waals surface area (Å²) in [6.07, 6.45) is 0.345. The number of benzene rings is 1. The number of hydrogen-bond acceptors (Lipinski definition) is 4. The van der Waals surface area contributed by atoms with Crippen molar-refractivity contribution in [3.63, 3.8) is 0 Å². The van der Waals surface area contributed by atoms with Gasteiger partial charge in [-0.15, -0.1) is 0 Å². The number of carboxylic acid groups (broad SMARTS) is 1. The summed E-state index contributed by atoms with van der Waals surface area (Å²) in [6.45, 7) is 0.991. The van der Waals surface area contributed by atoms with Crippen LogP contribution in [0.5, 0.6) is 0 Å². The number of fused-ring (bicyclic) bond motifs is 1. The van der Waals surface area contributed by atoms with Gasteiger partial charge in [-0.1, -0.05) is 24.3 Å². The van der Waals surface area contributed by atoms with E-state index in [2.05, 4.69) is 0 Å². The number of rotatable bonds is 8. The number of methoxy groups -OCH3 is 1. The number of aliphatic carboxylic acids is 1. The fourth-order valence-electron chi connectivity index (χ4n) is 2.95. The highest BCUT2D eigenvalue weighted by atomic mass is 16.5. The zero-order valence-corrected chi connectivity index (χ0v) is 12.2. The quantitative estimate of drug-likeness (QED) is 0.706. The lowest BCUT2D eigenvalue weighted by molar-refractivity contribution is -0.151. The molecule has 1 aliphatic rings. The number of aliphatic hydroxyl groups excluding tert-OH is 1. The van der Waals surface area contributed by atoms with Crippen LogP contribution >= 0.6 is 0 Å². The number of carboxylic acids is 1. The van der Waals surface area contributed by atoms with Crippen LogP contribution in [0.2, 0.25) is 0 Å². The van der Waals surface area contributed by atoms with E-state index in [0.717, 1.165) is 11.1 Å². The summed E-state index contributed by atoms with van der Waals surface area (Å²) in [5.74, 6) is -0.852. The van der Waals surface area contributed by atoms with Crippen LogP contribution < -0.4 is 0 Å². The first kappa shape index (κ1) is 15.9. The van der Waals surface area contributed by atoms with E-state index < -0.39 is 17.5 Å². The first-order chi connectivity index (χ1) is 10.1. The van der Waals surface area contributed by atoms with E-state index in [1.165, 1.54) is 0 Å². The van der Waals surface area contributed by atoms with Crippen molar-refractivity contribution in [2.24, 2.45) is 5.41 Å². The van der Waals surface area contributed by atoms with Crippen molar-refractivity contribution in [3.05, 3.63) is 35.4 Å². The molecule has 5 heteroatoms. The average Bonchev–Trinajstić information content (AvgIpc) is 2.83. The number of carbonyl (C=O) groups is 1. The molecule has 1 unspecified atom stereocenters. The average molecular weight is 294 g/mol. The predicted octanol–water partition coefficient (Wildman–Crippen LogP) is 1.27. The van der Waals surface area contributed by atoms with E-state index in [-0.39, 0.29) is 13.0 Å². The first-order valence-electron chi connectivity index (χ1n) is 7.12. The van der Waals surface area contributed by atoms with Gasteiger partial charge in [-0.05, 0) is 30.4 Å². The zero-order valence-electron chi connectivity index (χ0n) is 12.2. The Morgan fingerprint density at radius 2 is 1.90 bits per heavy atom. The Balaban J connectivity index is 1.97. The summed E-state index contributed by atoms with van der Waals surface area (Å²) >= 11 is 0. The molecule has 0 saturated heterocycles. The maximum atomic E-state index is 11.7. The summed E-state index contributed by atoms with van der Waals surface area (Å²) in [5.41, 5.74) is 1.20. The molecule has 2 rings (SSSR count). The normalized spacial score (nSPS) is 17.4. The Kier molecular flexibility index (Phi) is 5.33. The first-order valence-corrected chi connectivity index (χ1v) is 7.12. The lowest BCUT2D eigenvalue weighted by Gasteiger charge is -2.26. The maximum Gasteiger partial charge on any atom is 0.310 e. The summed E-state index contributed by atoms with van der Waals surface area (Å²) in [6, 6.07) is 7.76. The van der Waals surface area contributed by atoms with Gasteiger partial charge in [0.15, 0.2) is 0 Å². The van der Waals surface area contributed by atoms with Crippen LogP contribution in [0, 0.1) is 5.41 Å². The molecule has 5 nitrogen and oxygen atoms in total. The second-order valence-corrected chi connectivity index (χ2v) is 5.63. The Hall–Kier alpha value is -1.43. The minimum absolute atomic E-state index is 0.134. The molecule has 0 radical (unpaired) electrons. The molecule has 0 aromatic heterocycles. The lowest BCUT2D eigenvalue weighted by atomic mass is 9.79. The predicted molar refractivity (Wildman–Crippen MR) is 77.2 cm³/mol. The molecule has 0 aliphatic heterocycles. The summed E-state index contributed by atoms with van der Waals surface area (Å²) < 4.78 is 10.1. The molecular weight excluding hydrogens is 272 g/mol. The van der Waals surface area contributed by atoms with Crippen LogP contribution in [0.3, 0.4) is 0 Å². The van der Waals surface area contributed by atoms with Gasteiger partial charge >= 0.3 is 5.97 Å². The number of hydrogen-bond donors (Lipinski definition) is 2. The van der Waals surface area contributed by atoms with Crippen molar-refractivity contribution in [2.75, 3.05) is 26.9 Å². The molecule has 116 valence electrons. The van der Waals surface area contributed by atoms with Gasteiger partial charge in [0.1, 0.15) is 0 Å². The lowest BCUT2D eigenvalue weighted by Crippen LogP contribution is -2.37. The summed E-state index contributed by atoms with van der Waals surface area (Å²) in [7, 11) is 1.58. The third-order valence-electron chi connectivity index (χ3n) is 4.00. The highest BCUT2D eigenvalue weighted by Crippen LogP contribution is 2.40. The van der Waals surface area contributed by atoms with Gasteiger partial charge in [0.05, 0.1) is 31.3 Å². The Morgan fingerprint density at radius 1 is 1.29 bits per heavy atom. The fourth-order valence-corrected chi connectivity index (χ4v) is 2.95. The van der Waals surface area contributed by atoms with Crippen molar-refractivity contribution < 1.29 is 24.5 Å². The highest BCUT2D eigenvalue weighted by Gasteiger charge is 2.45. The monoisotopic (exact) mass is 294 g/mol. The molecule has 0 spiro atoms. The largest absolute Gasteiger partial charge is 0.481 e. The van der Waals surface area contributed by atoms with E-state index in [1.807, 2.05) is 24.3 Å². The molecule has 2 N–H and O–H groups in total. The highest BCUT2D eigenvalue weighted by molar-refractivity contribution is 5.77. The molecule has 0 bridgehead atoms. The van der Waals surface area contributed by atoms with Gasteiger partial charge in [-0.3, -0.25) is 4.79 Å². The molecular formula is C16H22O5. The van der Waals surface area contributed by atoms with Crippen molar-refractivity contribution in [2.45, 2.75) is 25.4 Å². The van der Waals surface area contributed by atoms with Crippen LogP contribution in [0.4, 0.5) is 0 Å². The van der Waals surface area contributed by atoms with Crippen LogP contribution in [0.15, 0.2) is 24.3 Å². The molecule has 1 aromatic rings. The fraction of sp³-hybridized carbons (Fsp3) is 0.562. The molecule has 1 atom stereocenters. The molecule has 0 heterocycles. The van der Waals surface area contributed by atoms with E-state index in [0.29, 0.717) is 26.1 Å². The molecule has 1 aromatic carbocycles. The molecule has 0 saturated carbocycles. The van der Waals surface area contributed by atoms with Gasteiger partial charge in [-0.25, -0.2) is 0 Å². The molecule has 0 fully saturated rings. The van der Waals surface area contributed by atoms with E-state index in [1.54, 1.807) is 7.11 Å². The Labute approximate surface area is 124 Å². The van der Waals surface area contributed by atoms with Crippen molar-refractivity contribution >= 4 is 5.97 Å². The van der Waals surface area contributed by atoms with Crippen LogP contribution in [0.25, 0.3) is 0 Å². The van der Waals surface area contributed by atoms with E-state index in [9.17, 15) is 15.0 Å². The van der Waals surface area contributed by atoms with E-state index in [4.69, 9.17) is 9.47 Å². The van der Waals surface area contributed by atoms with Gasteiger partial charge < -0.3 is 19.7 Å². The molecule has 21 heavy (non-hydrogen) atoms. The summed E-state index contributed by atoms with van der Waals surface area (Å²) in [5, 5.41) is 19.7. The minimum Gasteiger partial charge on any atom is -0.481 e. The van der Waals surface area contributed by atoms with Gasteiger partial charge in [0, 0.05) is 7.11 Å². The second-order valence-electron chi connectivity index (χ2n) is 5.63. The summed E-state index contributed by atoms with van der Waals surface area (Å²) in [4.78, 5) is 11.7. The van der Waals surface area contributed by atoms with Gasteiger partial charge in [-0.2, -0.15) is 0 Å². The van der Waals surface area contributed by atoms with Crippen molar-refractivity contribution in [1.29, 1.82) is 0 Å². The van der Waals surface area contributed by atoms with Gasteiger partial charge in [0.25, 0.3) is 0 Å². The molecule has 1 aliphatic carbocycles. The number of ether oxygens (including phenoxy) is 2. The molecule has 0 amide bonds. The maximum absolute atomic E-state index is 11.7. The Morgan fingerprint density at radius 3 is 2.43 bits per heavy atom. The topological polar surface area (TPSA) is 76.0 Å². The van der Waals surface area contributed by atoms with Crippen LogP contribution in [0.1, 0.15) is 17.5 Å². The van der Waals surface area contributed by atoms with Crippen molar-refractivity contribution in [3.8, 4) is 0 Å². The smallest absolute Gasteiger partial charge is 0.310 e. The third-order valence-corrected chi connectivity index (χ3v) is 4.00. The zero-order chi connectivity index (χ0) is 15.3. The standard InChI is InChI=1S/C16H22O5/c1-20-6-7-21-11-14(17)10-16(15(18)19)8-12-4-2-3-5-13(12)9-16/h2-5,14,17H,6-11H2,1H3,(H,18,19). The SMILES string of the molecule is COCCOCC(O)CC1(C(=O)O)Cc2ccccc2C1. The van der Waals surface area contributed by atoms with Crippen molar-refractivity contribution in [1.82, 2.24) is 0 Å². The van der Waals surface area contributed by atoms with E-state index >= 15 is 0 Å². The van der Waals surface area contributed by atoms with Crippen LogP contribution in [-0.4, -0.2) is 49.2 Å². The minimum atomic E-state index is -0.923. The van der Waals surface area contributed by atoms with Gasteiger partial charge in [0.2, 0.25) is 0 Å². The Bertz CT molecular complexity index is 460. The number of aliphatic hydroxyl groups is 1. The van der Waals surface area contributed by atoms with Crippen LogP contribution in [-0.2, 0) is 27.1 Å². The third kappa shape index (κ3) is 3.81. The second kappa shape index (κ2) is 7.02.